The summed E-state index contributed by atoms with van der Waals surface area (Å²) in [5.74, 6) is 0.0189. The lowest BCUT2D eigenvalue weighted by Gasteiger charge is -2.46. The van der Waals surface area contributed by atoms with Crippen LogP contribution in [-0.2, 0) is 10.2 Å². The topological polar surface area (TPSA) is 23.6 Å². The molecule has 0 aromatic heterocycles. The molecule has 4 heteroatoms. The van der Waals surface area contributed by atoms with Crippen LogP contribution < -0.4 is 0 Å². The molecule has 27 heavy (non-hydrogen) atoms. The number of carbonyl (C=O) groups excluding carboxylic acids is 1. The summed E-state index contributed by atoms with van der Waals surface area (Å²) in [6.07, 6.45) is 5.49. The van der Waals surface area contributed by atoms with E-state index < -0.39 is 0 Å². The maximum absolute atomic E-state index is 14.0. The smallest absolute Gasteiger partial charge is 0.137 e. The summed E-state index contributed by atoms with van der Waals surface area (Å²) in [4.78, 5) is 17.5. The van der Waals surface area contributed by atoms with E-state index in [1.165, 1.54) is 32.0 Å². The van der Waals surface area contributed by atoms with E-state index in [4.69, 9.17) is 0 Å². The van der Waals surface area contributed by atoms with Crippen molar-refractivity contribution in [1.82, 2.24) is 9.80 Å². The standard InChI is InChI=1S/C23H33FN2O/c1-16(2)25-10-6-19(7-11-25)26-12-8-23(9-13-26)15-21(17(3)27)20-5-4-18(24)14-22(20)23/h4-5,14,16,19,21H,6-13,15H2,1-3H3. The van der Waals surface area contributed by atoms with Gasteiger partial charge in [0, 0.05) is 18.0 Å². The van der Waals surface area contributed by atoms with E-state index in [0.717, 1.165) is 43.5 Å². The minimum absolute atomic E-state index is 0.00288. The molecule has 3 nitrogen and oxygen atoms in total. The Kier molecular flexibility index (Phi) is 5.15. The first-order valence-electron chi connectivity index (χ1n) is 10.7. The molecule has 2 saturated heterocycles. The lowest BCUT2D eigenvalue weighted by molar-refractivity contribution is -0.118. The highest BCUT2D eigenvalue weighted by Crippen LogP contribution is 2.52. The lowest BCUT2D eigenvalue weighted by Crippen LogP contribution is -2.51. The van der Waals surface area contributed by atoms with Gasteiger partial charge in [-0.3, -0.25) is 4.79 Å². The van der Waals surface area contributed by atoms with Gasteiger partial charge in [-0.05, 0) is 108 Å². The van der Waals surface area contributed by atoms with Crippen molar-refractivity contribution >= 4 is 5.78 Å². The van der Waals surface area contributed by atoms with Crippen molar-refractivity contribution in [2.45, 2.75) is 76.3 Å². The fraction of sp³-hybridized carbons (Fsp3) is 0.696. The van der Waals surface area contributed by atoms with Gasteiger partial charge < -0.3 is 9.80 Å². The number of piperidine rings is 2. The van der Waals surface area contributed by atoms with Crippen LogP contribution in [0.5, 0.6) is 0 Å². The number of carbonyl (C=O) groups is 1. The molecule has 3 aliphatic rings. The summed E-state index contributed by atoms with van der Waals surface area (Å²) in [6.45, 7) is 10.8. The molecule has 1 aromatic carbocycles. The van der Waals surface area contributed by atoms with Gasteiger partial charge in [0.25, 0.3) is 0 Å². The Labute approximate surface area is 162 Å². The molecule has 2 fully saturated rings. The fourth-order valence-electron chi connectivity index (χ4n) is 5.82. The monoisotopic (exact) mass is 372 g/mol. The van der Waals surface area contributed by atoms with Gasteiger partial charge in [-0.25, -0.2) is 4.39 Å². The average Bonchev–Trinajstić information content (AvgIpc) is 2.96. The molecule has 1 atom stereocenters. The van der Waals surface area contributed by atoms with Crippen LogP contribution in [0.25, 0.3) is 0 Å². The summed E-state index contributed by atoms with van der Waals surface area (Å²) in [5, 5.41) is 0. The minimum atomic E-state index is -0.166. The van der Waals surface area contributed by atoms with E-state index in [9.17, 15) is 9.18 Å². The van der Waals surface area contributed by atoms with E-state index in [1.54, 1.807) is 13.0 Å². The van der Waals surface area contributed by atoms with Gasteiger partial charge in [0.15, 0.2) is 0 Å². The lowest BCUT2D eigenvalue weighted by atomic mass is 9.72. The van der Waals surface area contributed by atoms with Crippen LogP contribution in [0.4, 0.5) is 4.39 Å². The van der Waals surface area contributed by atoms with Crippen LogP contribution in [0.1, 0.15) is 69.9 Å². The number of fused-ring (bicyclic) bond motifs is 2. The molecule has 4 rings (SSSR count). The van der Waals surface area contributed by atoms with Crippen molar-refractivity contribution < 1.29 is 9.18 Å². The van der Waals surface area contributed by atoms with E-state index in [1.807, 2.05) is 6.07 Å². The Morgan fingerprint density at radius 1 is 1.15 bits per heavy atom. The zero-order valence-electron chi connectivity index (χ0n) is 17.0. The molecule has 0 saturated carbocycles. The second kappa shape index (κ2) is 7.29. The van der Waals surface area contributed by atoms with Crippen molar-refractivity contribution in [1.29, 1.82) is 0 Å². The van der Waals surface area contributed by atoms with Gasteiger partial charge in [0.05, 0.1) is 0 Å². The third kappa shape index (κ3) is 3.47. The first-order chi connectivity index (χ1) is 12.9. The Balaban J connectivity index is 1.46. The Morgan fingerprint density at radius 2 is 1.81 bits per heavy atom. The number of ketones is 1. The number of hydrogen-bond donors (Lipinski definition) is 0. The number of halogens is 1. The molecule has 0 bridgehead atoms. The molecule has 2 heterocycles. The molecular weight excluding hydrogens is 339 g/mol. The highest BCUT2D eigenvalue weighted by molar-refractivity contribution is 5.85. The van der Waals surface area contributed by atoms with Gasteiger partial charge in [-0.15, -0.1) is 0 Å². The van der Waals surface area contributed by atoms with E-state index in [2.05, 4.69) is 23.6 Å². The molecular formula is C23H33FN2O. The van der Waals surface area contributed by atoms with Crippen LogP contribution in [-0.4, -0.2) is 53.8 Å². The summed E-state index contributed by atoms with van der Waals surface area (Å²) in [7, 11) is 0. The molecule has 1 aliphatic carbocycles. The molecule has 0 radical (unpaired) electrons. The van der Waals surface area contributed by atoms with Crippen molar-refractivity contribution in [2.24, 2.45) is 0 Å². The van der Waals surface area contributed by atoms with Gasteiger partial charge in [-0.2, -0.15) is 0 Å². The normalized spacial score (nSPS) is 26.6. The Hall–Kier alpha value is -1.26. The van der Waals surface area contributed by atoms with Gasteiger partial charge in [0.1, 0.15) is 11.6 Å². The molecule has 148 valence electrons. The maximum Gasteiger partial charge on any atom is 0.137 e. The number of rotatable bonds is 3. The van der Waals surface area contributed by atoms with E-state index in [0.29, 0.717) is 12.1 Å². The first kappa shape index (κ1) is 19.1. The molecule has 1 aromatic rings. The molecule has 0 amide bonds. The second-order valence-electron chi connectivity index (χ2n) is 9.28. The predicted molar refractivity (Wildman–Crippen MR) is 107 cm³/mol. The molecule has 2 aliphatic heterocycles. The summed E-state index contributed by atoms with van der Waals surface area (Å²) >= 11 is 0. The first-order valence-corrected chi connectivity index (χ1v) is 10.7. The van der Waals surface area contributed by atoms with Gasteiger partial charge >= 0.3 is 0 Å². The zero-order valence-corrected chi connectivity index (χ0v) is 17.0. The maximum atomic E-state index is 14.0. The number of Topliss-reactive ketones (excluding diaryl/α,β-unsaturated/α-hetero) is 1. The van der Waals surface area contributed by atoms with Crippen molar-refractivity contribution in [2.75, 3.05) is 26.2 Å². The predicted octanol–water partition coefficient (Wildman–Crippen LogP) is 4.11. The highest BCUT2D eigenvalue weighted by atomic mass is 19.1. The average molecular weight is 373 g/mol. The molecule has 0 N–H and O–H groups in total. The second-order valence-corrected chi connectivity index (χ2v) is 9.28. The quantitative estimate of drug-likeness (QED) is 0.798. The summed E-state index contributed by atoms with van der Waals surface area (Å²) in [6, 6.07) is 6.43. The Morgan fingerprint density at radius 3 is 2.41 bits per heavy atom. The van der Waals surface area contributed by atoms with Crippen LogP contribution in [0.2, 0.25) is 0 Å². The van der Waals surface area contributed by atoms with E-state index >= 15 is 0 Å². The number of hydrogen-bond acceptors (Lipinski definition) is 3. The van der Waals surface area contributed by atoms with Crippen LogP contribution in [0.3, 0.4) is 0 Å². The third-order valence-corrected chi connectivity index (χ3v) is 7.55. The summed E-state index contributed by atoms with van der Waals surface area (Å²) < 4.78 is 14.0. The SMILES string of the molecule is CC(=O)C1CC2(CCN(C3CCN(C(C)C)CC3)CC2)c2cc(F)ccc21. The highest BCUT2D eigenvalue weighted by Gasteiger charge is 2.47. The van der Waals surface area contributed by atoms with Crippen LogP contribution in [0, 0.1) is 5.82 Å². The van der Waals surface area contributed by atoms with Crippen molar-refractivity contribution in [3.8, 4) is 0 Å². The van der Waals surface area contributed by atoms with Crippen LogP contribution in [0.15, 0.2) is 18.2 Å². The molecule has 1 spiro atoms. The Bertz CT molecular complexity index is 700. The summed E-state index contributed by atoms with van der Waals surface area (Å²) in [5.41, 5.74) is 2.21. The largest absolute Gasteiger partial charge is 0.301 e. The van der Waals surface area contributed by atoms with E-state index in [-0.39, 0.29) is 22.9 Å². The third-order valence-electron chi connectivity index (χ3n) is 7.55. The zero-order chi connectivity index (χ0) is 19.2. The van der Waals surface area contributed by atoms with Crippen LogP contribution >= 0.6 is 0 Å². The van der Waals surface area contributed by atoms with Crippen molar-refractivity contribution in [3.05, 3.63) is 35.1 Å². The van der Waals surface area contributed by atoms with Gasteiger partial charge in [0.2, 0.25) is 0 Å². The van der Waals surface area contributed by atoms with Gasteiger partial charge in [-0.1, -0.05) is 6.07 Å². The molecule has 1 unspecified atom stereocenters. The number of benzene rings is 1. The number of likely N-dealkylation sites (tertiary alicyclic amines) is 2. The van der Waals surface area contributed by atoms with Crippen molar-refractivity contribution in [3.63, 3.8) is 0 Å². The number of nitrogens with zero attached hydrogens (tertiary/aromatic N) is 2. The fourth-order valence-corrected chi connectivity index (χ4v) is 5.82. The minimum Gasteiger partial charge on any atom is -0.301 e.